The van der Waals surface area contributed by atoms with Gasteiger partial charge in [0.15, 0.2) is 5.78 Å². The topological polar surface area (TPSA) is 244 Å². The smallest absolute Gasteiger partial charge is 0.304 e. The molecule has 0 aliphatic carbocycles. The lowest BCUT2D eigenvalue weighted by atomic mass is 9.90. The molecule has 0 unspecified atom stereocenters. The molecule has 3 rings (SSSR count). The first-order valence-corrected chi connectivity index (χ1v) is 17.7. The van der Waals surface area contributed by atoms with Crippen LogP contribution in [0.25, 0.3) is 0 Å². The molecule has 2 heterocycles. The number of aliphatic hydroxyl groups is 1. The molecule has 5 amide bonds. The predicted molar refractivity (Wildman–Crippen MR) is 189 cm³/mol. The number of phenols is 1. The van der Waals surface area contributed by atoms with Gasteiger partial charge in [-0.1, -0.05) is 26.0 Å². The third-order valence-electron chi connectivity index (χ3n) is 8.99. The molecule has 288 valence electrons. The minimum atomic E-state index is -1.58. The molecule has 2 aliphatic rings. The summed E-state index contributed by atoms with van der Waals surface area (Å²) < 4.78 is 0. The lowest BCUT2D eigenvalue weighted by Crippen LogP contribution is -2.62. The van der Waals surface area contributed by atoms with Crippen LogP contribution in [-0.4, -0.2) is 116 Å². The van der Waals surface area contributed by atoms with Gasteiger partial charge in [-0.2, -0.15) is 0 Å². The van der Waals surface area contributed by atoms with Crippen LogP contribution in [-0.2, 0) is 40.0 Å². The van der Waals surface area contributed by atoms with Gasteiger partial charge in [-0.15, -0.1) is 0 Å². The highest BCUT2D eigenvalue weighted by Gasteiger charge is 2.42. The van der Waals surface area contributed by atoms with E-state index in [9.17, 15) is 48.9 Å². The molecule has 2 fully saturated rings. The SMILES string of the molecule is CC(C)C[C@@H]1NC(=O)[C@H](Cc2ccc(O)cc2)NC(=O)[C@@H]2CCCN2[C@H](C(=O)NC(C)(C)C)CNC(=O)[C@H]([C@@H](C)O)NC(=O)[C@H](CC(=O)O)CC1=O. The van der Waals surface area contributed by atoms with Crippen molar-refractivity contribution >= 4 is 41.3 Å². The van der Waals surface area contributed by atoms with Gasteiger partial charge in [-0.25, -0.2) is 0 Å². The predicted octanol–water partition coefficient (Wildman–Crippen LogP) is -0.256. The maximum absolute atomic E-state index is 14.1. The van der Waals surface area contributed by atoms with Gasteiger partial charge in [-0.05, 0) is 77.1 Å². The first-order valence-electron chi connectivity index (χ1n) is 17.7. The summed E-state index contributed by atoms with van der Waals surface area (Å²) in [6.45, 7) is 10.2. The van der Waals surface area contributed by atoms with E-state index in [1.54, 1.807) is 37.8 Å². The number of carboxylic acids is 1. The van der Waals surface area contributed by atoms with Crippen molar-refractivity contribution in [2.45, 2.75) is 122 Å². The number of hydrogen-bond donors (Lipinski definition) is 8. The van der Waals surface area contributed by atoms with Crippen molar-refractivity contribution in [3.05, 3.63) is 29.8 Å². The molecule has 16 heteroatoms. The van der Waals surface area contributed by atoms with E-state index in [1.807, 2.05) is 13.8 Å². The van der Waals surface area contributed by atoms with Crippen molar-refractivity contribution in [2.24, 2.45) is 11.8 Å². The summed E-state index contributed by atoms with van der Waals surface area (Å²) in [6.07, 6.45) is -1.89. The molecule has 0 aromatic heterocycles. The Bertz CT molecular complexity index is 1470. The number of nitrogens with one attached hydrogen (secondary N) is 5. The second-order valence-electron chi connectivity index (χ2n) is 15.2. The number of aromatic hydroxyl groups is 1. The van der Waals surface area contributed by atoms with Gasteiger partial charge in [0.05, 0.1) is 30.5 Å². The van der Waals surface area contributed by atoms with Gasteiger partial charge in [0.2, 0.25) is 29.5 Å². The number of carbonyl (C=O) groups excluding carboxylic acids is 6. The molecule has 0 saturated carbocycles. The van der Waals surface area contributed by atoms with Crippen molar-refractivity contribution in [1.29, 1.82) is 0 Å². The Balaban J connectivity index is 2.12. The number of carbonyl (C=O) groups is 7. The van der Waals surface area contributed by atoms with E-state index in [0.29, 0.717) is 24.9 Å². The normalized spacial score (nSPS) is 26.6. The molecular weight excluding hydrogens is 676 g/mol. The van der Waals surface area contributed by atoms with Gasteiger partial charge in [0.1, 0.15) is 23.9 Å². The van der Waals surface area contributed by atoms with Crippen LogP contribution < -0.4 is 26.6 Å². The lowest BCUT2D eigenvalue weighted by Gasteiger charge is -2.35. The van der Waals surface area contributed by atoms with E-state index in [0.717, 1.165) is 0 Å². The van der Waals surface area contributed by atoms with Gasteiger partial charge in [0, 0.05) is 24.9 Å². The fourth-order valence-electron chi connectivity index (χ4n) is 6.45. The molecule has 0 bridgehead atoms. The van der Waals surface area contributed by atoms with Crippen molar-refractivity contribution in [2.75, 3.05) is 13.1 Å². The van der Waals surface area contributed by atoms with E-state index in [1.165, 1.54) is 19.1 Å². The average Bonchev–Trinajstić information content (AvgIpc) is 3.51. The molecule has 2 saturated heterocycles. The Hall–Kier alpha value is -4.57. The second kappa shape index (κ2) is 18.3. The first-order chi connectivity index (χ1) is 24.2. The van der Waals surface area contributed by atoms with Crippen LogP contribution in [0.4, 0.5) is 0 Å². The molecule has 7 atom stereocenters. The fourth-order valence-corrected chi connectivity index (χ4v) is 6.45. The number of hydrogen-bond acceptors (Lipinski definition) is 10. The van der Waals surface area contributed by atoms with Crippen LogP contribution in [0.5, 0.6) is 5.75 Å². The summed E-state index contributed by atoms with van der Waals surface area (Å²) >= 11 is 0. The van der Waals surface area contributed by atoms with Crippen LogP contribution >= 0.6 is 0 Å². The van der Waals surface area contributed by atoms with Gasteiger partial charge >= 0.3 is 5.97 Å². The zero-order valence-electron chi connectivity index (χ0n) is 30.7. The standard InChI is InChI=1S/C36H54N6O10/c1-19(2)14-24-28(45)16-22(17-29(46)47)31(48)40-30(20(3)43)35(52)37-18-27(34(51)41-36(4,5)6)42-13-7-8-26(42)33(50)39-25(32(49)38-24)15-21-9-11-23(44)12-10-21/h9-12,19-20,22,24-27,30,43-44H,7-8,13-18H2,1-6H3,(H,37,52)(H,38,49)(H,39,50)(H,40,48)(H,41,51)(H,46,47)/t20-,22+,24+,25+,26+,27+,30+/m1/s1. The van der Waals surface area contributed by atoms with Crippen molar-refractivity contribution < 1.29 is 48.9 Å². The maximum atomic E-state index is 14.1. The molecule has 52 heavy (non-hydrogen) atoms. The Labute approximate surface area is 303 Å². The highest BCUT2D eigenvalue weighted by Crippen LogP contribution is 2.23. The monoisotopic (exact) mass is 730 g/mol. The first kappa shape index (κ1) is 41.8. The number of fused-ring (bicyclic) bond motifs is 1. The Morgan fingerprint density at radius 3 is 2.13 bits per heavy atom. The van der Waals surface area contributed by atoms with Crippen LogP contribution in [0.1, 0.15) is 79.2 Å². The van der Waals surface area contributed by atoms with Crippen molar-refractivity contribution in [3.63, 3.8) is 0 Å². The quantitative estimate of drug-likeness (QED) is 0.173. The largest absolute Gasteiger partial charge is 0.508 e. The number of aliphatic carboxylic acids is 1. The minimum absolute atomic E-state index is 0.00229. The van der Waals surface area contributed by atoms with Crippen LogP contribution in [0.2, 0.25) is 0 Å². The van der Waals surface area contributed by atoms with E-state index in [2.05, 4.69) is 26.6 Å². The molecule has 1 aromatic carbocycles. The zero-order valence-corrected chi connectivity index (χ0v) is 30.7. The minimum Gasteiger partial charge on any atom is -0.508 e. The summed E-state index contributed by atoms with van der Waals surface area (Å²) in [6, 6.07) is 0.111. The summed E-state index contributed by atoms with van der Waals surface area (Å²) in [4.78, 5) is 96.0. The Kier molecular flexibility index (Phi) is 14.7. The number of phenolic OH excluding ortho intramolecular Hbond substituents is 1. The highest BCUT2D eigenvalue weighted by molar-refractivity contribution is 5.97. The molecule has 1 aromatic rings. The molecule has 0 radical (unpaired) electrons. The maximum Gasteiger partial charge on any atom is 0.304 e. The number of Topliss-reactive ketones (excluding diaryl/α,β-unsaturated/α-hetero) is 1. The number of aliphatic hydroxyl groups excluding tert-OH is 1. The van der Waals surface area contributed by atoms with Crippen LogP contribution in [0, 0.1) is 11.8 Å². The number of nitrogens with zero attached hydrogens (tertiary/aromatic N) is 1. The average molecular weight is 731 g/mol. The lowest BCUT2D eigenvalue weighted by molar-refractivity contribution is -0.143. The van der Waals surface area contributed by atoms with Gasteiger partial charge in [-0.3, -0.25) is 38.5 Å². The number of ketones is 1. The highest BCUT2D eigenvalue weighted by atomic mass is 16.4. The van der Waals surface area contributed by atoms with E-state index in [-0.39, 0.29) is 31.1 Å². The molecule has 16 nitrogen and oxygen atoms in total. The summed E-state index contributed by atoms with van der Waals surface area (Å²) in [5, 5.41) is 43.4. The van der Waals surface area contributed by atoms with Crippen LogP contribution in [0.15, 0.2) is 24.3 Å². The summed E-state index contributed by atoms with van der Waals surface area (Å²) in [5.41, 5.74) is -0.0941. The zero-order chi connectivity index (χ0) is 38.9. The number of benzene rings is 1. The third kappa shape index (κ3) is 12.3. The molecule has 0 spiro atoms. The van der Waals surface area contributed by atoms with Crippen LogP contribution in [0.3, 0.4) is 0 Å². The van der Waals surface area contributed by atoms with Gasteiger partial charge in [0.25, 0.3) is 0 Å². The van der Waals surface area contributed by atoms with Gasteiger partial charge < -0.3 is 41.9 Å². The molecule has 2 aliphatic heterocycles. The summed E-state index contributed by atoms with van der Waals surface area (Å²) in [7, 11) is 0. The number of rotatable bonds is 8. The van der Waals surface area contributed by atoms with Crippen molar-refractivity contribution in [1.82, 2.24) is 31.5 Å². The van der Waals surface area contributed by atoms with E-state index < -0.39 is 102 Å². The Morgan fingerprint density at radius 2 is 1.56 bits per heavy atom. The Morgan fingerprint density at radius 1 is 0.923 bits per heavy atom. The van der Waals surface area contributed by atoms with E-state index in [4.69, 9.17) is 0 Å². The van der Waals surface area contributed by atoms with E-state index >= 15 is 0 Å². The fraction of sp³-hybridized carbons (Fsp3) is 0.639. The third-order valence-corrected chi connectivity index (χ3v) is 8.99. The molecule has 8 N–H and O–H groups in total. The number of amides is 5. The number of carboxylic acid groups (broad SMARTS) is 1. The molecular formula is C36H54N6O10. The summed E-state index contributed by atoms with van der Waals surface area (Å²) in [5.74, 6) is -7.19. The van der Waals surface area contributed by atoms with Crippen molar-refractivity contribution in [3.8, 4) is 5.75 Å². The second-order valence-corrected chi connectivity index (χ2v) is 15.2.